The molecule has 4 saturated carbocycles. The summed E-state index contributed by atoms with van der Waals surface area (Å²) in [6.07, 6.45) is 10.3. The van der Waals surface area contributed by atoms with E-state index < -0.39 is 36.0 Å². The summed E-state index contributed by atoms with van der Waals surface area (Å²) >= 11 is 0. The molecule has 4 fully saturated rings. The summed E-state index contributed by atoms with van der Waals surface area (Å²) in [6.45, 7) is 3.63. The highest BCUT2D eigenvalue weighted by Gasteiger charge is 2.51. The largest absolute Gasteiger partial charge is 0.508 e. The number of carbonyl (C=O) groups is 3. The van der Waals surface area contributed by atoms with Crippen LogP contribution in [-0.2, 0) is 28.9 Å². The number of nitrogens with two attached hydrogens (primary N) is 1. The maximum absolute atomic E-state index is 14.3. The molecule has 3 atom stereocenters. The Kier molecular flexibility index (Phi) is 10.5. The number of nitrogens with one attached hydrogen (secondary N) is 6. The Morgan fingerprint density at radius 2 is 1.67 bits per heavy atom. The van der Waals surface area contributed by atoms with Crippen LogP contribution in [0.5, 0.6) is 5.75 Å². The lowest BCUT2D eigenvalue weighted by Crippen LogP contribution is -2.55. The monoisotopic (exact) mass is 704 g/mol. The minimum atomic E-state index is -1.43. The number of aromatic nitrogens is 4. The van der Waals surface area contributed by atoms with Gasteiger partial charge in [0.2, 0.25) is 17.7 Å². The molecule has 16 nitrogen and oxygen atoms in total. The van der Waals surface area contributed by atoms with Crippen LogP contribution in [-0.4, -0.2) is 72.8 Å². The number of nitrogens with zero attached hydrogens (tertiary/aromatic N) is 3. The number of carbonyl (C=O) groups excluding carboxylic acids is 2. The van der Waals surface area contributed by atoms with Crippen LogP contribution >= 0.6 is 0 Å². The van der Waals surface area contributed by atoms with Gasteiger partial charge in [0.25, 0.3) is 0 Å². The predicted molar refractivity (Wildman–Crippen MR) is 184 cm³/mol. The van der Waals surface area contributed by atoms with Crippen LogP contribution in [0.25, 0.3) is 0 Å². The van der Waals surface area contributed by atoms with Gasteiger partial charge in [-0.1, -0.05) is 5.16 Å². The van der Waals surface area contributed by atoms with E-state index >= 15 is 0 Å². The molecule has 3 unspecified atom stereocenters. The summed E-state index contributed by atoms with van der Waals surface area (Å²) in [7, 11) is 0. The van der Waals surface area contributed by atoms with Crippen molar-refractivity contribution in [3.8, 4) is 5.75 Å². The van der Waals surface area contributed by atoms with Gasteiger partial charge < -0.3 is 46.7 Å². The lowest BCUT2D eigenvalue weighted by Gasteiger charge is -2.56. The first-order valence-electron chi connectivity index (χ1n) is 17.6. The molecule has 2 heterocycles. The third-order valence-electron chi connectivity index (χ3n) is 10.8. The molecule has 51 heavy (non-hydrogen) atoms. The summed E-state index contributed by atoms with van der Waals surface area (Å²) in [5.41, 5.74) is 8.35. The number of rotatable bonds is 15. The standard InChI is InChI=1S/C35H48N10O6/c1-18-5-24(46)6-19(2)25(18)11-27(41-30(47)26(43-34(49)50)3-4-39-33(36)37)31(48)42-28(10-23-16-38-17-40-23)32-44-29(45-51-32)15-35-12-20-7-21(13-35)9-22(8-20)14-35/h5-6,16-17,20-22,26-28,43,46H,3-4,7-15H2,1-2H3,(H,38,40)(H,41,47)(H,42,48)(H,49,50)(H4,36,37,39). The van der Waals surface area contributed by atoms with Crippen molar-refractivity contribution in [3.63, 3.8) is 0 Å². The van der Waals surface area contributed by atoms with E-state index in [2.05, 4.69) is 36.4 Å². The molecular weight excluding hydrogens is 656 g/mol. The third-order valence-corrected chi connectivity index (χ3v) is 10.8. The highest BCUT2D eigenvalue weighted by atomic mass is 16.5. The van der Waals surface area contributed by atoms with Gasteiger partial charge in [-0.3, -0.25) is 15.0 Å². The van der Waals surface area contributed by atoms with E-state index in [1.165, 1.54) is 44.9 Å². The smallest absolute Gasteiger partial charge is 0.405 e. The summed E-state index contributed by atoms with van der Waals surface area (Å²) < 4.78 is 5.83. The number of phenols is 1. The van der Waals surface area contributed by atoms with Gasteiger partial charge >= 0.3 is 6.09 Å². The molecule has 16 heteroatoms. The highest BCUT2D eigenvalue weighted by molar-refractivity contribution is 5.91. The highest BCUT2D eigenvalue weighted by Crippen LogP contribution is 2.60. The summed E-state index contributed by atoms with van der Waals surface area (Å²) in [4.78, 5) is 51.5. The zero-order valence-corrected chi connectivity index (χ0v) is 29.0. The average Bonchev–Trinajstić information content (AvgIpc) is 3.72. The lowest BCUT2D eigenvalue weighted by atomic mass is 9.49. The van der Waals surface area contributed by atoms with Crippen molar-refractivity contribution >= 4 is 23.9 Å². The van der Waals surface area contributed by atoms with E-state index in [0.717, 1.165) is 29.7 Å². The van der Waals surface area contributed by atoms with Crippen LogP contribution in [0.3, 0.4) is 0 Å². The number of hydrogen-bond donors (Lipinski definition) is 9. The molecule has 274 valence electrons. The second kappa shape index (κ2) is 15.0. The Labute approximate surface area is 295 Å². The van der Waals surface area contributed by atoms with Gasteiger partial charge in [-0.15, -0.1) is 0 Å². The van der Waals surface area contributed by atoms with Crippen LogP contribution in [0.4, 0.5) is 4.79 Å². The second-order valence-corrected chi connectivity index (χ2v) is 14.9. The van der Waals surface area contributed by atoms with Gasteiger partial charge in [0, 0.05) is 32.0 Å². The molecule has 0 aliphatic heterocycles. The number of aromatic hydroxyl groups is 1. The molecule has 7 rings (SSSR count). The van der Waals surface area contributed by atoms with E-state index in [4.69, 9.17) is 20.7 Å². The quantitative estimate of drug-likeness (QED) is 0.0820. The Balaban J connectivity index is 1.24. The molecule has 4 bridgehead atoms. The topological polar surface area (TPSA) is 257 Å². The molecule has 10 N–H and O–H groups in total. The number of H-pyrrole nitrogens is 1. The second-order valence-electron chi connectivity index (χ2n) is 14.9. The number of benzene rings is 1. The van der Waals surface area contributed by atoms with Crippen LogP contribution in [0, 0.1) is 42.4 Å². The van der Waals surface area contributed by atoms with Crippen molar-refractivity contribution in [2.75, 3.05) is 6.54 Å². The number of aryl methyl sites for hydroxylation is 2. The Bertz CT molecular complexity index is 1680. The van der Waals surface area contributed by atoms with Crippen molar-refractivity contribution in [2.45, 2.75) is 96.2 Å². The zero-order valence-electron chi connectivity index (χ0n) is 29.0. The van der Waals surface area contributed by atoms with E-state index in [9.17, 15) is 24.6 Å². The minimum absolute atomic E-state index is 0.0369. The normalized spacial score (nSPS) is 23.6. The van der Waals surface area contributed by atoms with E-state index in [-0.39, 0.29) is 48.8 Å². The number of imidazole rings is 1. The lowest BCUT2D eigenvalue weighted by molar-refractivity contribution is -0.130. The molecular formula is C35H48N10O6. The van der Waals surface area contributed by atoms with Crippen LogP contribution < -0.4 is 27.0 Å². The van der Waals surface area contributed by atoms with E-state index in [1.807, 2.05) is 0 Å². The molecule has 4 aliphatic carbocycles. The number of guanidine groups is 1. The first kappa shape index (κ1) is 35.7. The molecule has 3 aromatic rings. The van der Waals surface area contributed by atoms with Gasteiger partial charge in [0.15, 0.2) is 11.8 Å². The van der Waals surface area contributed by atoms with Crippen molar-refractivity contribution in [1.29, 1.82) is 5.41 Å². The third kappa shape index (κ3) is 8.78. The fraction of sp³-hybridized carbons (Fsp3) is 0.571. The summed E-state index contributed by atoms with van der Waals surface area (Å²) in [5, 5.41) is 41.9. The van der Waals surface area contributed by atoms with E-state index in [1.54, 1.807) is 32.2 Å². The Hall–Kier alpha value is -5.15. The maximum atomic E-state index is 14.3. The van der Waals surface area contributed by atoms with Crippen LogP contribution in [0.15, 0.2) is 29.2 Å². The molecule has 1 aromatic carbocycles. The van der Waals surface area contributed by atoms with Gasteiger partial charge in [-0.2, -0.15) is 4.98 Å². The number of phenolic OH excluding ortho intramolecular Hbond substituents is 1. The summed E-state index contributed by atoms with van der Waals surface area (Å²) in [5.74, 6) is 1.62. The van der Waals surface area contributed by atoms with Crippen LogP contribution in [0.2, 0.25) is 0 Å². The molecule has 2 aromatic heterocycles. The predicted octanol–water partition coefficient (Wildman–Crippen LogP) is 2.51. The minimum Gasteiger partial charge on any atom is -0.508 e. The van der Waals surface area contributed by atoms with Crippen molar-refractivity contribution in [3.05, 3.63) is 58.8 Å². The fourth-order valence-electron chi connectivity index (χ4n) is 9.15. The number of carboxylic acid groups (broad SMARTS) is 1. The molecule has 0 spiro atoms. The van der Waals surface area contributed by atoms with Gasteiger partial charge in [-0.25, -0.2) is 9.78 Å². The van der Waals surface area contributed by atoms with Gasteiger partial charge in [-0.05, 0) is 111 Å². The van der Waals surface area contributed by atoms with Gasteiger partial charge in [0.1, 0.15) is 23.9 Å². The zero-order chi connectivity index (χ0) is 36.3. The first-order chi connectivity index (χ1) is 24.3. The summed E-state index contributed by atoms with van der Waals surface area (Å²) in [6, 6.07) is -0.0618. The first-order valence-corrected chi connectivity index (χ1v) is 17.6. The number of amides is 3. The Morgan fingerprint density at radius 3 is 2.25 bits per heavy atom. The van der Waals surface area contributed by atoms with Crippen molar-refractivity contribution < 1.29 is 29.1 Å². The Morgan fingerprint density at radius 1 is 1.02 bits per heavy atom. The fourth-order valence-corrected chi connectivity index (χ4v) is 9.15. The molecule has 0 saturated heterocycles. The number of hydrogen-bond acceptors (Lipinski definition) is 9. The van der Waals surface area contributed by atoms with Crippen molar-refractivity contribution in [1.82, 2.24) is 41.4 Å². The van der Waals surface area contributed by atoms with Gasteiger partial charge in [0.05, 0.1) is 12.0 Å². The van der Waals surface area contributed by atoms with E-state index in [0.29, 0.717) is 22.6 Å². The van der Waals surface area contributed by atoms with Crippen molar-refractivity contribution in [2.24, 2.45) is 28.9 Å². The SMILES string of the molecule is Cc1cc(O)cc(C)c1CC(NC(=O)C(CCNC(=N)N)NC(=O)O)C(=O)NC(Cc1c[nH]cn1)c1nc(CC23CC4CC(CC(C4)C2)C3)no1. The molecule has 3 amide bonds. The number of aromatic amines is 1. The van der Waals surface area contributed by atoms with Crippen LogP contribution in [0.1, 0.15) is 85.1 Å². The molecule has 0 radical (unpaired) electrons. The average molecular weight is 705 g/mol. The molecule has 4 aliphatic rings. The maximum Gasteiger partial charge on any atom is 0.405 e.